The van der Waals surface area contributed by atoms with Gasteiger partial charge in [-0.1, -0.05) is 12.2 Å². The van der Waals surface area contributed by atoms with E-state index >= 15 is 0 Å². The summed E-state index contributed by atoms with van der Waals surface area (Å²) >= 11 is 0. The molecular weight excluding hydrogens is 194 g/mol. The number of hydrogen-bond donors (Lipinski definition) is 2. The molecule has 76 valence electrons. The third-order valence-electron chi connectivity index (χ3n) is 1.66. The summed E-state index contributed by atoms with van der Waals surface area (Å²) < 4.78 is 0. The standard InChI is InChI=1S/C10H9N3O2/c11-4-2-1-3-7-5-8(12)9(10(14)15)13-6-7/h1,3,5-6H,2,12H2,(H,14,15). The molecule has 15 heavy (non-hydrogen) atoms. The van der Waals surface area contributed by atoms with Gasteiger partial charge in [0.05, 0.1) is 18.2 Å². The highest BCUT2D eigenvalue weighted by Gasteiger charge is 2.08. The van der Waals surface area contributed by atoms with Gasteiger partial charge >= 0.3 is 5.97 Å². The van der Waals surface area contributed by atoms with Crippen LogP contribution in [-0.4, -0.2) is 16.1 Å². The van der Waals surface area contributed by atoms with Gasteiger partial charge in [-0.25, -0.2) is 9.78 Å². The minimum atomic E-state index is -1.15. The van der Waals surface area contributed by atoms with Crippen LogP contribution in [0.1, 0.15) is 22.5 Å². The molecular formula is C10H9N3O2. The Bertz CT molecular complexity index is 446. The zero-order chi connectivity index (χ0) is 11.3. The number of rotatable bonds is 3. The van der Waals surface area contributed by atoms with Crippen molar-refractivity contribution in [3.8, 4) is 6.07 Å². The molecule has 0 spiro atoms. The molecule has 0 saturated carbocycles. The van der Waals surface area contributed by atoms with Crippen LogP contribution in [0.25, 0.3) is 6.08 Å². The molecule has 0 fully saturated rings. The third kappa shape index (κ3) is 2.81. The van der Waals surface area contributed by atoms with Crippen LogP contribution in [0.5, 0.6) is 0 Å². The van der Waals surface area contributed by atoms with Gasteiger partial charge in [0.2, 0.25) is 0 Å². The van der Waals surface area contributed by atoms with E-state index in [4.69, 9.17) is 16.1 Å². The Kier molecular flexibility index (Phi) is 3.41. The smallest absolute Gasteiger partial charge is 0.356 e. The molecule has 0 aliphatic carbocycles. The van der Waals surface area contributed by atoms with E-state index in [0.29, 0.717) is 12.0 Å². The first kappa shape index (κ1) is 10.7. The molecule has 1 aromatic rings. The van der Waals surface area contributed by atoms with E-state index in [1.165, 1.54) is 12.3 Å². The second kappa shape index (κ2) is 4.77. The van der Waals surface area contributed by atoms with E-state index in [1.54, 1.807) is 12.2 Å². The quantitative estimate of drug-likeness (QED) is 0.770. The van der Waals surface area contributed by atoms with Gasteiger partial charge in [-0.05, 0) is 11.6 Å². The van der Waals surface area contributed by atoms with Gasteiger partial charge in [-0.3, -0.25) is 0 Å². The maximum absolute atomic E-state index is 10.6. The maximum atomic E-state index is 10.6. The summed E-state index contributed by atoms with van der Waals surface area (Å²) in [5.74, 6) is -1.15. The first-order chi connectivity index (χ1) is 7.15. The lowest BCUT2D eigenvalue weighted by molar-refractivity contribution is 0.0692. The van der Waals surface area contributed by atoms with Crippen molar-refractivity contribution in [2.45, 2.75) is 6.42 Å². The Hall–Kier alpha value is -2.35. The molecule has 3 N–H and O–H groups in total. The molecule has 0 radical (unpaired) electrons. The number of carbonyl (C=O) groups is 1. The highest BCUT2D eigenvalue weighted by molar-refractivity contribution is 5.91. The summed E-state index contributed by atoms with van der Waals surface area (Å²) in [5, 5.41) is 17.0. The number of carboxylic acid groups (broad SMARTS) is 1. The zero-order valence-corrected chi connectivity index (χ0v) is 7.84. The topological polar surface area (TPSA) is 100 Å². The van der Waals surface area contributed by atoms with Crippen molar-refractivity contribution in [1.29, 1.82) is 5.26 Å². The lowest BCUT2D eigenvalue weighted by atomic mass is 10.2. The van der Waals surface area contributed by atoms with E-state index in [-0.39, 0.29) is 11.4 Å². The number of nitrogen functional groups attached to an aromatic ring is 1. The molecule has 5 heteroatoms. The number of nitrogens with two attached hydrogens (primary N) is 1. The molecule has 0 aliphatic rings. The molecule has 0 unspecified atom stereocenters. The van der Waals surface area contributed by atoms with Crippen LogP contribution in [0.2, 0.25) is 0 Å². The van der Waals surface area contributed by atoms with Crippen LogP contribution in [0, 0.1) is 11.3 Å². The van der Waals surface area contributed by atoms with Crippen molar-refractivity contribution >= 4 is 17.7 Å². The Balaban J connectivity index is 2.93. The van der Waals surface area contributed by atoms with E-state index in [1.807, 2.05) is 6.07 Å². The van der Waals surface area contributed by atoms with Crippen molar-refractivity contribution < 1.29 is 9.90 Å². The molecule has 1 heterocycles. The lowest BCUT2D eigenvalue weighted by Gasteiger charge is -2.00. The van der Waals surface area contributed by atoms with Crippen LogP contribution in [-0.2, 0) is 0 Å². The first-order valence-electron chi connectivity index (χ1n) is 4.17. The number of allylic oxidation sites excluding steroid dienone is 1. The predicted molar refractivity (Wildman–Crippen MR) is 54.9 cm³/mol. The summed E-state index contributed by atoms with van der Waals surface area (Å²) in [6.45, 7) is 0. The zero-order valence-electron chi connectivity index (χ0n) is 7.84. The maximum Gasteiger partial charge on any atom is 0.356 e. The fourth-order valence-electron chi connectivity index (χ4n) is 1.02. The summed E-state index contributed by atoms with van der Waals surface area (Å²) in [4.78, 5) is 14.3. The van der Waals surface area contributed by atoms with Gasteiger partial charge in [0, 0.05) is 6.20 Å². The van der Waals surface area contributed by atoms with Crippen molar-refractivity contribution in [3.63, 3.8) is 0 Å². The summed E-state index contributed by atoms with van der Waals surface area (Å²) in [6.07, 6.45) is 5.00. The third-order valence-corrected chi connectivity index (χ3v) is 1.66. The Morgan fingerprint density at radius 2 is 2.47 bits per heavy atom. The van der Waals surface area contributed by atoms with E-state index < -0.39 is 5.97 Å². The van der Waals surface area contributed by atoms with Crippen LogP contribution >= 0.6 is 0 Å². The molecule has 0 bridgehead atoms. The van der Waals surface area contributed by atoms with Crippen LogP contribution in [0.15, 0.2) is 18.3 Å². The van der Waals surface area contributed by atoms with Crippen LogP contribution in [0.4, 0.5) is 5.69 Å². The molecule has 0 atom stereocenters. The lowest BCUT2D eigenvalue weighted by Crippen LogP contribution is -2.05. The Morgan fingerprint density at radius 1 is 1.73 bits per heavy atom. The number of nitriles is 1. The van der Waals surface area contributed by atoms with Crippen molar-refractivity contribution in [1.82, 2.24) is 4.98 Å². The average molecular weight is 203 g/mol. The normalized spacial score (nSPS) is 10.1. The second-order valence-electron chi connectivity index (χ2n) is 2.78. The molecule has 0 saturated heterocycles. The number of aromatic nitrogens is 1. The van der Waals surface area contributed by atoms with Gasteiger partial charge < -0.3 is 10.8 Å². The minimum Gasteiger partial charge on any atom is -0.476 e. The number of carboxylic acids is 1. The molecule has 0 amide bonds. The van der Waals surface area contributed by atoms with E-state index in [9.17, 15) is 4.79 Å². The predicted octanol–water partition coefficient (Wildman–Crippen LogP) is 1.29. The average Bonchev–Trinajstić information content (AvgIpc) is 2.17. The van der Waals surface area contributed by atoms with Gasteiger partial charge in [-0.2, -0.15) is 5.26 Å². The van der Waals surface area contributed by atoms with Crippen molar-refractivity contribution in [3.05, 3.63) is 29.6 Å². The second-order valence-corrected chi connectivity index (χ2v) is 2.78. The SMILES string of the molecule is N#CCC=Cc1cnc(C(=O)O)c(N)c1. The van der Waals surface area contributed by atoms with Crippen LogP contribution < -0.4 is 5.73 Å². The number of nitrogens with zero attached hydrogens (tertiary/aromatic N) is 2. The summed E-state index contributed by atoms with van der Waals surface area (Å²) in [7, 11) is 0. The number of pyridine rings is 1. The summed E-state index contributed by atoms with van der Waals surface area (Å²) in [6, 6.07) is 3.45. The highest BCUT2D eigenvalue weighted by Crippen LogP contribution is 2.12. The molecule has 1 aromatic heterocycles. The Labute approximate surface area is 86.5 Å². The molecule has 0 aromatic carbocycles. The van der Waals surface area contributed by atoms with Crippen molar-refractivity contribution in [2.24, 2.45) is 0 Å². The molecule has 0 aliphatic heterocycles. The fraction of sp³-hybridized carbons (Fsp3) is 0.100. The highest BCUT2D eigenvalue weighted by atomic mass is 16.4. The number of aromatic carboxylic acids is 1. The van der Waals surface area contributed by atoms with Gasteiger partial charge in [0.25, 0.3) is 0 Å². The van der Waals surface area contributed by atoms with Gasteiger partial charge in [0.1, 0.15) is 0 Å². The number of anilines is 1. The Morgan fingerprint density at radius 3 is 3.00 bits per heavy atom. The van der Waals surface area contributed by atoms with E-state index in [2.05, 4.69) is 4.98 Å². The van der Waals surface area contributed by atoms with E-state index in [0.717, 1.165) is 0 Å². The van der Waals surface area contributed by atoms with Gasteiger partial charge in [0.15, 0.2) is 5.69 Å². The fourth-order valence-corrected chi connectivity index (χ4v) is 1.02. The van der Waals surface area contributed by atoms with Gasteiger partial charge in [-0.15, -0.1) is 0 Å². The minimum absolute atomic E-state index is 0.113. The first-order valence-corrected chi connectivity index (χ1v) is 4.17. The van der Waals surface area contributed by atoms with Crippen molar-refractivity contribution in [2.75, 3.05) is 5.73 Å². The molecule has 1 rings (SSSR count). The number of hydrogen-bond acceptors (Lipinski definition) is 4. The summed E-state index contributed by atoms with van der Waals surface area (Å²) in [5.41, 5.74) is 6.11. The van der Waals surface area contributed by atoms with Crippen LogP contribution in [0.3, 0.4) is 0 Å². The largest absolute Gasteiger partial charge is 0.476 e. The molecule has 5 nitrogen and oxygen atoms in total. The monoisotopic (exact) mass is 203 g/mol.